The second-order valence-electron chi connectivity index (χ2n) is 3.55. The molecule has 2 fully saturated rings. The van der Waals surface area contributed by atoms with E-state index in [0.717, 1.165) is 12.5 Å². The van der Waals surface area contributed by atoms with Gasteiger partial charge >= 0.3 is 0 Å². The molecule has 0 saturated carbocycles. The van der Waals surface area contributed by atoms with E-state index in [-0.39, 0.29) is 6.10 Å². The summed E-state index contributed by atoms with van der Waals surface area (Å²) in [5, 5.41) is 13.0. The second-order valence-corrected chi connectivity index (χ2v) is 3.55. The van der Waals surface area contributed by atoms with Crippen LogP contribution in [0.4, 0.5) is 0 Å². The molecule has 0 aromatic heterocycles. The minimum atomic E-state index is -0.0625. The fraction of sp³-hybridized carbons (Fsp3) is 1.00. The molecule has 2 saturated heterocycles. The highest BCUT2D eigenvalue weighted by atomic mass is 16.3. The SMILES string of the molecule is OC1CCCC2CCC1N2. The standard InChI is InChI=1S/C8H15NO/c10-8-3-1-2-6-4-5-7(8)9-6/h6-10H,1-5H2. The Hall–Kier alpha value is -0.0800. The molecule has 2 nitrogen and oxygen atoms in total. The highest BCUT2D eigenvalue weighted by Gasteiger charge is 2.31. The van der Waals surface area contributed by atoms with Gasteiger partial charge < -0.3 is 10.4 Å². The van der Waals surface area contributed by atoms with Gasteiger partial charge in [-0.05, 0) is 32.1 Å². The largest absolute Gasteiger partial charge is 0.392 e. The van der Waals surface area contributed by atoms with Gasteiger partial charge in [-0.25, -0.2) is 0 Å². The van der Waals surface area contributed by atoms with Gasteiger partial charge in [0.15, 0.2) is 0 Å². The van der Waals surface area contributed by atoms with Crippen molar-refractivity contribution in [2.75, 3.05) is 0 Å². The van der Waals surface area contributed by atoms with Crippen molar-refractivity contribution in [1.29, 1.82) is 0 Å². The molecule has 58 valence electrons. The molecule has 0 radical (unpaired) electrons. The summed E-state index contributed by atoms with van der Waals surface area (Å²) in [4.78, 5) is 0. The predicted octanol–water partition coefficient (Wildman–Crippen LogP) is 0.652. The molecule has 0 spiro atoms. The van der Waals surface area contributed by atoms with Crippen molar-refractivity contribution in [3.63, 3.8) is 0 Å². The molecule has 2 aliphatic rings. The molecule has 0 aromatic rings. The lowest BCUT2D eigenvalue weighted by atomic mass is 9.99. The Bertz CT molecular complexity index is 126. The van der Waals surface area contributed by atoms with Gasteiger partial charge in [0.1, 0.15) is 0 Å². The smallest absolute Gasteiger partial charge is 0.0693 e. The van der Waals surface area contributed by atoms with E-state index in [1.54, 1.807) is 0 Å². The number of aliphatic hydroxyl groups excluding tert-OH is 1. The van der Waals surface area contributed by atoms with Crippen molar-refractivity contribution in [2.45, 2.75) is 50.3 Å². The van der Waals surface area contributed by atoms with Crippen LogP contribution in [-0.4, -0.2) is 23.3 Å². The maximum atomic E-state index is 9.51. The predicted molar refractivity (Wildman–Crippen MR) is 39.8 cm³/mol. The lowest BCUT2D eigenvalue weighted by molar-refractivity contribution is 0.129. The van der Waals surface area contributed by atoms with E-state index in [0.29, 0.717) is 6.04 Å². The third-order valence-electron chi connectivity index (χ3n) is 2.79. The molecule has 2 rings (SSSR count). The van der Waals surface area contributed by atoms with Crippen LogP contribution in [0.1, 0.15) is 32.1 Å². The van der Waals surface area contributed by atoms with Gasteiger partial charge in [0.05, 0.1) is 6.10 Å². The Kier molecular flexibility index (Phi) is 1.66. The van der Waals surface area contributed by atoms with Crippen LogP contribution in [0.15, 0.2) is 0 Å². The Morgan fingerprint density at radius 2 is 2.00 bits per heavy atom. The third kappa shape index (κ3) is 1.06. The molecule has 10 heavy (non-hydrogen) atoms. The van der Waals surface area contributed by atoms with Crippen LogP contribution >= 0.6 is 0 Å². The summed E-state index contributed by atoms with van der Waals surface area (Å²) >= 11 is 0. The highest BCUT2D eigenvalue weighted by Crippen LogP contribution is 2.25. The maximum absolute atomic E-state index is 9.51. The Balaban J connectivity index is 2.03. The number of aliphatic hydroxyl groups is 1. The van der Waals surface area contributed by atoms with Gasteiger partial charge in [-0.2, -0.15) is 0 Å². The van der Waals surface area contributed by atoms with Gasteiger partial charge in [-0.3, -0.25) is 0 Å². The van der Waals surface area contributed by atoms with Crippen LogP contribution in [0.3, 0.4) is 0 Å². The summed E-state index contributed by atoms with van der Waals surface area (Å²) in [5.74, 6) is 0. The van der Waals surface area contributed by atoms with Crippen molar-refractivity contribution in [1.82, 2.24) is 5.32 Å². The zero-order valence-corrected chi connectivity index (χ0v) is 6.21. The topological polar surface area (TPSA) is 32.3 Å². The molecule has 0 amide bonds. The molecule has 2 aliphatic heterocycles. The summed E-state index contributed by atoms with van der Waals surface area (Å²) in [5.41, 5.74) is 0. The van der Waals surface area contributed by atoms with E-state index in [2.05, 4.69) is 5.32 Å². The first kappa shape index (κ1) is 6.62. The van der Waals surface area contributed by atoms with Gasteiger partial charge in [0.2, 0.25) is 0 Å². The zero-order chi connectivity index (χ0) is 6.97. The summed E-state index contributed by atoms with van der Waals surface area (Å²) in [6, 6.07) is 1.15. The van der Waals surface area contributed by atoms with Crippen LogP contribution in [0.25, 0.3) is 0 Å². The summed E-state index contributed by atoms with van der Waals surface area (Å²) < 4.78 is 0. The monoisotopic (exact) mass is 141 g/mol. The summed E-state index contributed by atoms with van der Waals surface area (Å²) in [7, 11) is 0. The number of rotatable bonds is 0. The van der Waals surface area contributed by atoms with E-state index >= 15 is 0 Å². The fourth-order valence-corrected chi connectivity index (χ4v) is 2.16. The van der Waals surface area contributed by atoms with Crippen molar-refractivity contribution >= 4 is 0 Å². The molecule has 3 atom stereocenters. The second kappa shape index (κ2) is 2.51. The van der Waals surface area contributed by atoms with Crippen LogP contribution < -0.4 is 5.32 Å². The van der Waals surface area contributed by atoms with Crippen molar-refractivity contribution in [2.24, 2.45) is 0 Å². The Morgan fingerprint density at radius 3 is 2.90 bits per heavy atom. The molecule has 2 N–H and O–H groups in total. The molecule has 2 heteroatoms. The van der Waals surface area contributed by atoms with E-state index in [1.165, 1.54) is 25.7 Å². The lowest BCUT2D eigenvalue weighted by Gasteiger charge is -2.15. The minimum Gasteiger partial charge on any atom is -0.392 e. The van der Waals surface area contributed by atoms with Crippen molar-refractivity contribution < 1.29 is 5.11 Å². The minimum absolute atomic E-state index is 0.0625. The molecule has 0 aromatic carbocycles. The van der Waals surface area contributed by atoms with Crippen LogP contribution in [-0.2, 0) is 0 Å². The molecular weight excluding hydrogens is 126 g/mol. The number of fused-ring (bicyclic) bond motifs is 2. The average Bonchev–Trinajstić information content (AvgIpc) is 2.27. The highest BCUT2D eigenvalue weighted by molar-refractivity contribution is 4.90. The normalized spacial score (nSPS) is 47.1. The zero-order valence-electron chi connectivity index (χ0n) is 6.21. The Morgan fingerprint density at radius 1 is 1.10 bits per heavy atom. The van der Waals surface area contributed by atoms with E-state index in [1.807, 2.05) is 0 Å². The first-order valence-corrected chi connectivity index (χ1v) is 4.30. The van der Waals surface area contributed by atoms with Gasteiger partial charge in [-0.1, -0.05) is 0 Å². The summed E-state index contributed by atoms with van der Waals surface area (Å²) in [6.45, 7) is 0. The van der Waals surface area contributed by atoms with Crippen LogP contribution in [0.5, 0.6) is 0 Å². The van der Waals surface area contributed by atoms with E-state index < -0.39 is 0 Å². The molecular formula is C8H15NO. The van der Waals surface area contributed by atoms with Gasteiger partial charge in [0.25, 0.3) is 0 Å². The van der Waals surface area contributed by atoms with Crippen LogP contribution in [0, 0.1) is 0 Å². The van der Waals surface area contributed by atoms with Gasteiger partial charge in [-0.15, -0.1) is 0 Å². The number of hydrogen-bond acceptors (Lipinski definition) is 2. The fourth-order valence-electron chi connectivity index (χ4n) is 2.16. The number of hydrogen-bond donors (Lipinski definition) is 2. The van der Waals surface area contributed by atoms with Crippen molar-refractivity contribution in [3.8, 4) is 0 Å². The molecule has 3 unspecified atom stereocenters. The lowest BCUT2D eigenvalue weighted by Crippen LogP contribution is -2.35. The quantitative estimate of drug-likeness (QED) is 0.519. The maximum Gasteiger partial charge on any atom is 0.0693 e. The third-order valence-corrected chi connectivity index (χ3v) is 2.79. The molecule has 2 bridgehead atoms. The molecule has 0 aliphatic carbocycles. The van der Waals surface area contributed by atoms with E-state index in [4.69, 9.17) is 0 Å². The van der Waals surface area contributed by atoms with Crippen LogP contribution in [0.2, 0.25) is 0 Å². The Labute approximate surface area is 61.6 Å². The van der Waals surface area contributed by atoms with E-state index in [9.17, 15) is 5.11 Å². The number of nitrogens with one attached hydrogen (secondary N) is 1. The average molecular weight is 141 g/mol. The van der Waals surface area contributed by atoms with Crippen molar-refractivity contribution in [3.05, 3.63) is 0 Å². The molecule has 2 heterocycles. The first-order chi connectivity index (χ1) is 4.86. The van der Waals surface area contributed by atoms with Gasteiger partial charge in [0, 0.05) is 12.1 Å². The summed E-state index contributed by atoms with van der Waals surface area (Å²) in [6.07, 6.45) is 5.89. The first-order valence-electron chi connectivity index (χ1n) is 4.30.